The Morgan fingerprint density at radius 2 is 2.11 bits per heavy atom. The molecule has 0 bridgehead atoms. The van der Waals surface area contributed by atoms with E-state index in [4.69, 9.17) is 5.26 Å². The Kier molecular flexibility index (Phi) is 3.84. The number of benzene rings is 1. The number of pyridine rings is 1. The normalized spacial score (nSPS) is 9.68. The second-order valence-corrected chi connectivity index (χ2v) is 3.83. The molecule has 94 valence electrons. The van der Waals surface area contributed by atoms with Gasteiger partial charge in [-0.05, 0) is 29.8 Å². The van der Waals surface area contributed by atoms with Crippen molar-refractivity contribution in [1.82, 2.24) is 10.3 Å². The second kappa shape index (κ2) is 5.74. The van der Waals surface area contributed by atoms with E-state index >= 15 is 0 Å². The highest BCUT2D eigenvalue weighted by molar-refractivity contribution is 5.92. The quantitative estimate of drug-likeness (QED) is 0.912. The van der Waals surface area contributed by atoms with E-state index in [1.807, 2.05) is 6.07 Å². The molecule has 0 saturated carbocycles. The molecule has 0 radical (unpaired) electrons. The minimum absolute atomic E-state index is 0.162. The number of carbonyl (C=O) groups excluding carboxylic acids is 1. The predicted molar refractivity (Wildman–Crippen MR) is 66.5 cm³/mol. The van der Waals surface area contributed by atoms with E-state index in [2.05, 4.69) is 10.3 Å². The van der Waals surface area contributed by atoms with Crippen molar-refractivity contribution in [1.29, 1.82) is 5.26 Å². The van der Waals surface area contributed by atoms with E-state index in [0.29, 0.717) is 5.56 Å². The maximum Gasteiger partial charge on any atom is 0.270 e. The van der Waals surface area contributed by atoms with Crippen molar-refractivity contribution in [2.45, 2.75) is 6.54 Å². The van der Waals surface area contributed by atoms with Crippen molar-refractivity contribution < 1.29 is 9.18 Å². The van der Waals surface area contributed by atoms with Gasteiger partial charge in [0.25, 0.3) is 5.91 Å². The molecule has 0 spiro atoms. The molecule has 19 heavy (non-hydrogen) atoms. The van der Waals surface area contributed by atoms with Crippen molar-refractivity contribution in [3.8, 4) is 6.07 Å². The van der Waals surface area contributed by atoms with Crippen LogP contribution < -0.4 is 5.32 Å². The Morgan fingerprint density at radius 1 is 1.32 bits per heavy atom. The van der Waals surface area contributed by atoms with Crippen molar-refractivity contribution in [2.24, 2.45) is 0 Å². The number of hydrogen-bond acceptors (Lipinski definition) is 3. The third-order valence-electron chi connectivity index (χ3n) is 2.44. The van der Waals surface area contributed by atoms with E-state index < -0.39 is 5.91 Å². The molecule has 5 heteroatoms. The molecule has 1 N–H and O–H groups in total. The zero-order chi connectivity index (χ0) is 13.7. The Balaban J connectivity index is 2.03. The van der Waals surface area contributed by atoms with Crippen LogP contribution in [0.15, 0.2) is 42.5 Å². The number of hydrogen-bond donors (Lipinski definition) is 1. The predicted octanol–water partition coefficient (Wildman–Crippen LogP) is 2.02. The first-order valence-corrected chi connectivity index (χ1v) is 5.59. The monoisotopic (exact) mass is 255 g/mol. The lowest BCUT2D eigenvalue weighted by molar-refractivity contribution is 0.0946. The fourth-order valence-corrected chi connectivity index (χ4v) is 1.54. The number of nitrogens with zero attached hydrogens (tertiary/aromatic N) is 2. The zero-order valence-electron chi connectivity index (χ0n) is 9.93. The molecule has 2 aromatic rings. The van der Waals surface area contributed by atoms with Gasteiger partial charge in [0.15, 0.2) is 0 Å². The average molecular weight is 255 g/mol. The first-order chi connectivity index (χ1) is 9.19. The van der Waals surface area contributed by atoms with Gasteiger partial charge in [-0.2, -0.15) is 5.26 Å². The van der Waals surface area contributed by atoms with Crippen molar-refractivity contribution in [3.05, 3.63) is 65.2 Å². The molecule has 0 aliphatic carbocycles. The fourth-order valence-electron chi connectivity index (χ4n) is 1.54. The molecule has 0 atom stereocenters. The van der Waals surface area contributed by atoms with Gasteiger partial charge in [-0.1, -0.05) is 18.2 Å². The van der Waals surface area contributed by atoms with Crippen LogP contribution in [0, 0.1) is 17.1 Å². The number of nitriles is 1. The van der Waals surface area contributed by atoms with Gasteiger partial charge >= 0.3 is 0 Å². The molecule has 0 fully saturated rings. The van der Waals surface area contributed by atoms with Crippen LogP contribution in [0.1, 0.15) is 21.7 Å². The van der Waals surface area contributed by atoms with E-state index in [1.165, 1.54) is 24.3 Å². The van der Waals surface area contributed by atoms with Crippen LogP contribution in [0.3, 0.4) is 0 Å². The summed E-state index contributed by atoms with van der Waals surface area (Å²) >= 11 is 0. The Morgan fingerprint density at radius 3 is 2.84 bits per heavy atom. The molecule has 0 unspecified atom stereocenters. The summed E-state index contributed by atoms with van der Waals surface area (Å²) in [6.45, 7) is 0.203. The number of nitrogens with one attached hydrogen (secondary N) is 1. The summed E-state index contributed by atoms with van der Waals surface area (Å²) in [6.07, 6.45) is 0. The van der Waals surface area contributed by atoms with Crippen LogP contribution >= 0.6 is 0 Å². The average Bonchev–Trinajstić information content (AvgIpc) is 2.45. The van der Waals surface area contributed by atoms with Gasteiger partial charge in [0.05, 0.1) is 0 Å². The van der Waals surface area contributed by atoms with Gasteiger partial charge in [0, 0.05) is 6.54 Å². The molecule has 1 aromatic heterocycles. The molecule has 1 amide bonds. The maximum atomic E-state index is 13.0. The highest BCUT2D eigenvalue weighted by Gasteiger charge is 2.07. The van der Waals surface area contributed by atoms with Crippen LogP contribution in [-0.4, -0.2) is 10.9 Å². The molecule has 0 saturated heterocycles. The summed E-state index contributed by atoms with van der Waals surface area (Å²) in [6, 6.07) is 12.5. The van der Waals surface area contributed by atoms with Gasteiger partial charge in [-0.25, -0.2) is 9.37 Å². The van der Waals surface area contributed by atoms with Crippen molar-refractivity contribution in [2.75, 3.05) is 0 Å². The summed E-state index contributed by atoms with van der Waals surface area (Å²) in [4.78, 5) is 15.7. The zero-order valence-corrected chi connectivity index (χ0v) is 9.93. The molecular weight excluding hydrogens is 245 g/mol. The molecule has 2 rings (SSSR count). The van der Waals surface area contributed by atoms with Gasteiger partial charge in [-0.15, -0.1) is 0 Å². The molecule has 0 aliphatic heterocycles. The van der Waals surface area contributed by atoms with E-state index in [0.717, 1.165) is 0 Å². The maximum absolute atomic E-state index is 13.0. The Bertz CT molecular complexity index is 649. The summed E-state index contributed by atoms with van der Waals surface area (Å²) in [5, 5.41) is 11.3. The van der Waals surface area contributed by atoms with Crippen LogP contribution in [0.25, 0.3) is 0 Å². The summed E-state index contributed by atoms with van der Waals surface area (Å²) < 4.78 is 13.0. The summed E-state index contributed by atoms with van der Waals surface area (Å²) in [5.41, 5.74) is 0.999. The second-order valence-electron chi connectivity index (χ2n) is 3.83. The van der Waals surface area contributed by atoms with Crippen LogP contribution in [0.4, 0.5) is 4.39 Å². The first kappa shape index (κ1) is 12.7. The minimum atomic E-state index is -0.402. The highest BCUT2D eigenvalue weighted by Crippen LogP contribution is 2.04. The van der Waals surface area contributed by atoms with Gasteiger partial charge in [0.1, 0.15) is 23.3 Å². The van der Waals surface area contributed by atoms with Crippen molar-refractivity contribution in [3.63, 3.8) is 0 Å². The summed E-state index contributed by atoms with van der Waals surface area (Å²) in [7, 11) is 0. The molecular formula is C14H10FN3O. The van der Waals surface area contributed by atoms with Gasteiger partial charge < -0.3 is 5.32 Å². The lowest BCUT2D eigenvalue weighted by atomic mass is 10.2. The number of aromatic nitrogens is 1. The lowest BCUT2D eigenvalue weighted by Crippen LogP contribution is -2.24. The molecule has 1 aromatic carbocycles. The number of halogens is 1. The fraction of sp³-hybridized carbons (Fsp3) is 0.0714. The van der Waals surface area contributed by atoms with Crippen LogP contribution in [-0.2, 0) is 6.54 Å². The molecule has 0 aliphatic rings. The largest absolute Gasteiger partial charge is 0.347 e. The smallest absolute Gasteiger partial charge is 0.270 e. The Hall–Kier alpha value is -2.74. The topological polar surface area (TPSA) is 65.8 Å². The number of rotatable bonds is 3. The van der Waals surface area contributed by atoms with Crippen molar-refractivity contribution >= 4 is 5.91 Å². The highest BCUT2D eigenvalue weighted by atomic mass is 19.1. The van der Waals surface area contributed by atoms with Gasteiger partial charge in [-0.3, -0.25) is 4.79 Å². The standard InChI is InChI=1S/C14H10FN3O/c15-11-4-1-3-10(7-11)9-17-14(19)13-6-2-5-12(8-16)18-13/h1-7H,9H2,(H,17,19). The number of amides is 1. The third kappa shape index (κ3) is 3.36. The third-order valence-corrected chi connectivity index (χ3v) is 2.44. The van der Waals surface area contributed by atoms with Crippen LogP contribution in [0.5, 0.6) is 0 Å². The van der Waals surface area contributed by atoms with E-state index in [9.17, 15) is 9.18 Å². The lowest BCUT2D eigenvalue weighted by Gasteiger charge is -2.05. The van der Waals surface area contributed by atoms with Gasteiger partial charge in [0.2, 0.25) is 0 Å². The molecule has 1 heterocycles. The van der Waals surface area contributed by atoms with E-state index in [1.54, 1.807) is 18.2 Å². The van der Waals surface area contributed by atoms with Crippen LogP contribution in [0.2, 0.25) is 0 Å². The minimum Gasteiger partial charge on any atom is -0.347 e. The molecule has 4 nitrogen and oxygen atoms in total. The SMILES string of the molecule is N#Cc1cccc(C(=O)NCc2cccc(F)c2)n1. The Labute approximate surface area is 109 Å². The first-order valence-electron chi connectivity index (χ1n) is 5.59. The summed E-state index contributed by atoms with van der Waals surface area (Å²) in [5.74, 6) is -0.752. The number of carbonyl (C=O) groups is 1. The van der Waals surface area contributed by atoms with E-state index in [-0.39, 0.29) is 23.7 Å².